The minimum Gasteiger partial charge on any atom is -0.452 e. The lowest BCUT2D eigenvalue weighted by molar-refractivity contribution is 0.0438. The Hall–Kier alpha value is -2.73. The minimum atomic E-state index is -0.875. The summed E-state index contributed by atoms with van der Waals surface area (Å²) in [6, 6.07) is 9.38. The van der Waals surface area contributed by atoms with E-state index in [1.807, 2.05) is 0 Å². The van der Waals surface area contributed by atoms with Crippen molar-refractivity contribution in [1.29, 1.82) is 0 Å². The van der Waals surface area contributed by atoms with Gasteiger partial charge in [0.1, 0.15) is 11.6 Å². The van der Waals surface area contributed by atoms with Gasteiger partial charge in [-0.05, 0) is 36.4 Å². The van der Waals surface area contributed by atoms with Crippen LogP contribution in [0.25, 0.3) is 11.3 Å². The molecule has 1 aromatic heterocycles. The van der Waals surface area contributed by atoms with Crippen LogP contribution >= 0.6 is 11.6 Å². The average molecular weight is 350 g/mol. The van der Waals surface area contributed by atoms with Crippen LogP contribution in [0.15, 0.2) is 53.1 Å². The number of ether oxygens (including phenoxy) is 1. The number of carbonyl (C=O) groups is 1. The molecule has 24 heavy (non-hydrogen) atoms. The molecule has 0 saturated carbocycles. The summed E-state index contributed by atoms with van der Waals surface area (Å²) in [7, 11) is 0. The van der Waals surface area contributed by atoms with Crippen molar-refractivity contribution in [2.75, 3.05) is 0 Å². The minimum absolute atomic E-state index is 0.158. The van der Waals surface area contributed by atoms with Crippen molar-refractivity contribution in [3.63, 3.8) is 0 Å². The Balaban J connectivity index is 1.67. The maximum absolute atomic E-state index is 13.1. The zero-order chi connectivity index (χ0) is 17.1. The molecule has 0 unspecified atom stereocenters. The van der Waals surface area contributed by atoms with E-state index < -0.39 is 17.6 Å². The van der Waals surface area contributed by atoms with Crippen LogP contribution < -0.4 is 0 Å². The number of hydrogen-bond acceptors (Lipinski definition) is 4. The molecular formula is C17H10ClF2NO3. The summed E-state index contributed by atoms with van der Waals surface area (Å²) in [4.78, 5) is 15.8. The standard InChI is InChI=1S/C17H10ClF2NO3/c18-12-3-1-10(2-4-12)15-8-21-16(24-15)9-23-17(22)11-5-13(19)7-14(20)6-11/h1-8H,9H2. The number of aromatic nitrogens is 1. The van der Waals surface area contributed by atoms with Gasteiger partial charge in [0.2, 0.25) is 5.89 Å². The first-order valence-electron chi connectivity index (χ1n) is 6.85. The van der Waals surface area contributed by atoms with E-state index in [-0.39, 0.29) is 18.1 Å². The second kappa shape index (κ2) is 6.80. The van der Waals surface area contributed by atoms with E-state index in [0.29, 0.717) is 16.8 Å². The van der Waals surface area contributed by atoms with E-state index >= 15 is 0 Å². The molecule has 0 fully saturated rings. The molecule has 0 aliphatic carbocycles. The molecule has 3 rings (SSSR count). The van der Waals surface area contributed by atoms with Crippen molar-refractivity contribution < 1.29 is 22.7 Å². The molecule has 0 bridgehead atoms. The normalized spacial score (nSPS) is 10.6. The summed E-state index contributed by atoms with van der Waals surface area (Å²) in [5.41, 5.74) is 0.536. The van der Waals surface area contributed by atoms with E-state index in [9.17, 15) is 13.6 Å². The molecule has 7 heteroatoms. The lowest BCUT2D eigenvalue weighted by Crippen LogP contribution is -2.06. The molecule has 0 aliphatic heterocycles. The second-order valence-electron chi connectivity index (χ2n) is 4.86. The Morgan fingerprint density at radius 1 is 1.12 bits per heavy atom. The molecule has 0 amide bonds. The summed E-state index contributed by atoms with van der Waals surface area (Å²) in [5.74, 6) is -1.95. The zero-order valence-electron chi connectivity index (χ0n) is 12.1. The predicted octanol–water partition coefficient (Wildman–Crippen LogP) is 4.63. The van der Waals surface area contributed by atoms with Gasteiger partial charge in [-0.1, -0.05) is 11.6 Å². The number of oxazole rings is 1. The van der Waals surface area contributed by atoms with E-state index in [2.05, 4.69) is 4.98 Å². The fourth-order valence-electron chi connectivity index (χ4n) is 2.01. The van der Waals surface area contributed by atoms with Crippen molar-refractivity contribution in [2.24, 2.45) is 0 Å². The number of benzene rings is 2. The van der Waals surface area contributed by atoms with Crippen molar-refractivity contribution in [3.8, 4) is 11.3 Å². The Kier molecular flexibility index (Phi) is 4.57. The van der Waals surface area contributed by atoms with Crippen LogP contribution in [0.4, 0.5) is 8.78 Å². The van der Waals surface area contributed by atoms with Gasteiger partial charge in [0, 0.05) is 16.7 Å². The quantitative estimate of drug-likeness (QED) is 0.644. The highest BCUT2D eigenvalue weighted by atomic mass is 35.5. The van der Waals surface area contributed by atoms with Gasteiger partial charge < -0.3 is 9.15 Å². The van der Waals surface area contributed by atoms with Gasteiger partial charge >= 0.3 is 5.97 Å². The van der Waals surface area contributed by atoms with Gasteiger partial charge in [-0.3, -0.25) is 0 Å². The molecule has 0 saturated heterocycles. The van der Waals surface area contributed by atoms with Crippen LogP contribution in [0.3, 0.4) is 0 Å². The third kappa shape index (κ3) is 3.78. The third-order valence-electron chi connectivity index (χ3n) is 3.11. The van der Waals surface area contributed by atoms with E-state index in [1.54, 1.807) is 24.3 Å². The molecule has 0 spiro atoms. The summed E-state index contributed by atoms with van der Waals surface area (Å²) < 4.78 is 36.6. The molecule has 122 valence electrons. The third-order valence-corrected chi connectivity index (χ3v) is 3.36. The van der Waals surface area contributed by atoms with E-state index in [0.717, 1.165) is 17.7 Å². The molecule has 0 radical (unpaired) electrons. The van der Waals surface area contributed by atoms with E-state index in [4.69, 9.17) is 20.8 Å². The molecule has 4 nitrogen and oxygen atoms in total. The van der Waals surface area contributed by atoms with Crippen LogP contribution in [0.1, 0.15) is 16.2 Å². The lowest BCUT2D eigenvalue weighted by Gasteiger charge is -2.03. The van der Waals surface area contributed by atoms with E-state index in [1.165, 1.54) is 6.20 Å². The average Bonchev–Trinajstić information content (AvgIpc) is 3.01. The molecular weight excluding hydrogens is 340 g/mol. The maximum Gasteiger partial charge on any atom is 0.338 e. The summed E-state index contributed by atoms with van der Waals surface area (Å²) in [5, 5.41) is 0.592. The van der Waals surface area contributed by atoms with Crippen LogP contribution in [0.5, 0.6) is 0 Å². The number of carbonyl (C=O) groups excluding carboxylic acids is 1. The van der Waals surface area contributed by atoms with Gasteiger partial charge in [-0.2, -0.15) is 0 Å². The number of hydrogen-bond donors (Lipinski definition) is 0. The highest BCUT2D eigenvalue weighted by Crippen LogP contribution is 2.22. The summed E-state index contributed by atoms with van der Waals surface area (Å²) >= 11 is 5.81. The van der Waals surface area contributed by atoms with Gasteiger partial charge in [0.25, 0.3) is 0 Å². The highest BCUT2D eigenvalue weighted by molar-refractivity contribution is 6.30. The van der Waals surface area contributed by atoms with Crippen LogP contribution in [0, 0.1) is 11.6 Å². The topological polar surface area (TPSA) is 52.3 Å². The molecule has 3 aromatic rings. The van der Waals surface area contributed by atoms with Gasteiger partial charge in [-0.15, -0.1) is 0 Å². The molecule has 0 aliphatic rings. The summed E-state index contributed by atoms with van der Waals surface area (Å²) in [6.45, 7) is -0.259. The number of rotatable bonds is 4. The largest absolute Gasteiger partial charge is 0.452 e. The van der Waals surface area contributed by atoms with Crippen LogP contribution in [0.2, 0.25) is 5.02 Å². The van der Waals surface area contributed by atoms with Gasteiger partial charge in [0.15, 0.2) is 12.4 Å². The summed E-state index contributed by atoms with van der Waals surface area (Å²) in [6.07, 6.45) is 1.48. The number of halogens is 3. The van der Waals surface area contributed by atoms with Crippen molar-refractivity contribution in [1.82, 2.24) is 4.98 Å². The molecule has 0 N–H and O–H groups in total. The van der Waals surface area contributed by atoms with Crippen LogP contribution in [-0.2, 0) is 11.3 Å². The zero-order valence-corrected chi connectivity index (χ0v) is 12.9. The molecule has 0 atom stereocenters. The number of esters is 1. The smallest absolute Gasteiger partial charge is 0.338 e. The monoisotopic (exact) mass is 349 g/mol. The predicted molar refractivity (Wildman–Crippen MR) is 82.4 cm³/mol. The van der Waals surface area contributed by atoms with Crippen LogP contribution in [-0.4, -0.2) is 11.0 Å². The van der Waals surface area contributed by atoms with Crippen molar-refractivity contribution >= 4 is 17.6 Å². The van der Waals surface area contributed by atoms with Gasteiger partial charge in [-0.25, -0.2) is 18.6 Å². The maximum atomic E-state index is 13.1. The lowest BCUT2D eigenvalue weighted by atomic mass is 10.2. The Morgan fingerprint density at radius 2 is 1.79 bits per heavy atom. The Labute approximate surface area is 140 Å². The SMILES string of the molecule is O=C(OCc1ncc(-c2ccc(Cl)cc2)o1)c1cc(F)cc(F)c1. The van der Waals surface area contributed by atoms with Crippen molar-refractivity contribution in [3.05, 3.63) is 76.8 Å². The van der Waals surface area contributed by atoms with Gasteiger partial charge in [0.05, 0.1) is 11.8 Å². The highest BCUT2D eigenvalue weighted by Gasteiger charge is 2.13. The Morgan fingerprint density at radius 3 is 2.46 bits per heavy atom. The number of nitrogens with zero attached hydrogens (tertiary/aromatic N) is 1. The fraction of sp³-hybridized carbons (Fsp3) is 0.0588. The van der Waals surface area contributed by atoms with Crippen molar-refractivity contribution in [2.45, 2.75) is 6.61 Å². The molecule has 2 aromatic carbocycles. The first-order chi connectivity index (χ1) is 11.5. The second-order valence-corrected chi connectivity index (χ2v) is 5.30. The molecule has 1 heterocycles. The Bertz CT molecular complexity index is 858. The first-order valence-corrected chi connectivity index (χ1v) is 7.23. The first kappa shape index (κ1) is 16.1. The fourth-order valence-corrected chi connectivity index (χ4v) is 2.13.